The van der Waals surface area contributed by atoms with Crippen molar-refractivity contribution < 1.29 is 9.53 Å². The van der Waals surface area contributed by atoms with Crippen LogP contribution in [0.5, 0.6) is 0 Å². The van der Waals surface area contributed by atoms with Crippen molar-refractivity contribution in [3.63, 3.8) is 0 Å². The van der Waals surface area contributed by atoms with Gasteiger partial charge >= 0.3 is 0 Å². The third kappa shape index (κ3) is 4.32. The predicted octanol–water partition coefficient (Wildman–Crippen LogP) is 2.04. The average Bonchev–Trinajstić information content (AvgIpc) is 2.43. The smallest absolute Gasteiger partial charge is 0.244 e. The Hall–Kier alpha value is -1.39. The largest absolute Gasteiger partial charge is 0.379 e. The molecule has 1 rings (SSSR count). The second-order valence-corrected chi connectivity index (χ2v) is 5.47. The molecule has 1 amide bonds. The Labute approximate surface area is 121 Å². The fraction of sp³-hybridized carbons (Fsp3) is 0.562. The van der Waals surface area contributed by atoms with Gasteiger partial charge in [-0.2, -0.15) is 0 Å². The lowest BCUT2D eigenvalue weighted by molar-refractivity contribution is -0.127. The molecule has 0 saturated heterocycles. The zero-order chi connectivity index (χ0) is 15.0. The van der Waals surface area contributed by atoms with Crippen LogP contribution in [0.4, 0.5) is 0 Å². The molecular formula is C16H26N2O2. The Morgan fingerprint density at radius 2 is 2.00 bits per heavy atom. The molecule has 1 atom stereocenters. The molecular weight excluding hydrogens is 252 g/mol. The number of nitrogens with one attached hydrogen (secondary N) is 1. The predicted molar refractivity (Wildman–Crippen MR) is 81.3 cm³/mol. The van der Waals surface area contributed by atoms with E-state index < -0.39 is 11.4 Å². The summed E-state index contributed by atoms with van der Waals surface area (Å²) in [4.78, 5) is 11.9. The molecule has 0 heterocycles. The van der Waals surface area contributed by atoms with Crippen LogP contribution in [-0.2, 0) is 15.1 Å². The molecule has 0 fully saturated rings. The molecule has 1 unspecified atom stereocenters. The maximum absolute atomic E-state index is 11.9. The number of hydrogen-bond acceptors (Lipinski definition) is 3. The molecule has 4 nitrogen and oxygen atoms in total. The Morgan fingerprint density at radius 1 is 1.35 bits per heavy atom. The summed E-state index contributed by atoms with van der Waals surface area (Å²) in [5.74, 6) is 0.244. The summed E-state index contributed by atoms with van der Waals surface area (Å²) in [5.41, 5.74) is 5.47. The number of likely N-dealkylation sites (N-methyl/N-ethyl adjacent to an activating group) is 1. The van der Waals surface area contributed by atoms with Crippen LogP contribution < -0.4 is 11.1 Å². The first-order chi connectivity index (χ1) is 9.53. The topological polar surface area (TPSA) is 64.3 Å². The molecule has 1 aromatic carbocycles. The summed E-state index contributed by atoms with van der Waals surface area (Å²) < 4.78 is 5.69. The lowest BCUT2D eigenvalue weighted by Crippen LogP contribution is -2.54. The van der Waals surface area contributed by atoms with Gasteiger partial charge in [-0.15, -0.1) is 0 Å². The van der Waals surface area contributed by atoms with Crippen molar-refractivity contribution in [3.05, 3.63) is 35.9 Å². The summed E-state index contributed by atoms with van der Waals surface area (Å²) in [5, 5.41) is 3.03. The minimum absolute atomic E-state index is 0.251. The van der Waals surface area contributed by atoms with Gasteiger partial charge in [0.25, 0.3) is 0 Å². The van der Waals surface area contributed by atoms with E-state index in [4.69, 9.17) is 10.5 Å². The maximum atomic E-state index is 11.9. The van der Waals surface area contributed by atoms with Crippen LogP contribution in [0.25, 0.3) is 0 Å². The van der Waals surface area contributed by atoms with Crippen LogP contribution in [-0.4, -0.2) is 26.2 Å². The van der Waals surface area contributed by atoms with Gasteiger partial charge in [0.2, 0.25) is 5.91 Å². The molecule has 0 radical (unpaired) electrons. The second-order valence-electron chi connectivity index (χ2n) is 5.47. The quantitative estimate of drug-likeness (QED) is 0.679. The van der Waals surface area contributed by atoms with Gasteiger partial charge in [-0.05, 0) is 31.4 Å². The SMILES string of the molecule is CNC(COCCCC(C)C)(C(N)=O)c1ccccc1. The van der Waals surface area contributed by atoms with E-state index in [1.54, 1.807) is 7.05 Å². The third-order valence-electron chi connectivity index (χ3n) is 3.50. The van der Waals surface area contributed by atoms with E-state index in [2.05, 4.69) is 19.2 Å². The highest BCUT2D eigenvalue weighted by molar-refractivity contribution is 5.86. The highest BCUT2D eigenvalue weighted by atomic mass is 16.5. The fourth-order valence-corrected chi connectivity index (χ4v) is 2.18. The second kappa shape index (κ2) is 8.02. The zero-order valence-electron chi connectivity index (χ0n) is 12.7. The van der Waals surface area contributed by atoms with Crippen molar-refractivity contribution in [1.29, 1.82) is 0 Å². The lowest BCUT2D eigenvalue weighted by atomic mass is 9.90. The summed E-state index contributed by atoms with van der Waals surface area (Å²) in [6.07, 6.45) is 2.11. The van der Waals surface area contributed by atoms with E-state index in [0.29, 0.717) is 12.5 Å². The molecule has 3 N–H and O–H groups in total. The van der Waals surface area contributed by atoms with Crippen LogP contribution in [0, 0.1) is 5.92 Å². The van der Waals surface area contributed by atoms with Crippen molar-refractivity contribution in [1.82, 2.24) is 5.32 Å². The number of rotatable bonds is 9. The molecule has 4 heteroatoms. The normalized spacial score (nSPS) is 14.2. The van der Waals surface area contributed by atoms with E-state index in [1.165, 1.54) is 0 Å². The summed E-state index contributed by atoms with van der Waals surface area (Å²) in [7, 11) is 1.73. The number of ether oxygens (including phenoxy) is 1. The van der Waals surface area contributed by atoms with E-state index in [0.717, 1.165) is 18.4 Å². The molecule has 0 saturated carbocycles. The first kappa shape index (κ1) is 16.7. The summed E-state index contributed by atoms with van der Waals surface area (Å²) in [6, 6.07) is 9.47. The van der Waals surface area contributed by atoms with Crippen molar-refractivity contribution in [3.8, 4) is 0 Å². The maximum Gasteiger partial charge on any atom is 0.244 e. The first-order valence-corrected chi connectivity index (χ1v) is 7.15. The number of amides is 1. The fourth-order valence-electron chi connectivity index (χ4n) is 2.18. The standard InChI is InChI=1S/C16H26N2O2/c1-13(2)8-7-11-20-12-16(18-3,15(17)19)14-9-5-4-6-10-14/h4-6,9-10,13,18H,7-8,11-12H2,1-3H3,(H2,17,19). The molecule has 0 aliphatic rings. The van der Waals surface area contributed by atoms with Crippen molar-refractivity contribution in [2.24, 2.45) is 11.7 Å². The summed E-state index contributed by atoms with van der Waals surface area (Å²) in [6.45, 7) is 5.26. The molecule has 1 aromatic rings. The van der Waals surface area contributed by atoms with Crippen molar-refractivity contribution >= 4 is 5.91 Å². The highest BCUT2D eigenvalue weighted by Crippen LogP contribution is 2.21. The van der Waals surface area contributed by atoms with Crippen molar-refractivity contribution in [2.75, 3.05) is 20.3 Å². The molecule has 0 aliphatic carbocycles. The molecule has 0 bridgehead atoms. The van der Waals surface area contributed by atoms with Gasteiger partial charge in [-0.25, -0.2) is 0 Å². The van der Waals surface area contributed by atoms with Gasteiger partial charge in [0.05, 0.1) is 6.61 Å². The molecule has 0 aliphatic heterocycles. The number of hydrogen-bond donors (Lipinski definition) is 2. The van der Waals surface area contributed by atoms with Crippen LogP contribution >= 0.6 is 0 Å². The Balaban J connectivity index is 2.68. The van der Waals surface area contributed by atoms with Gasteiger partial charge in [-0.3, -0.25) is 4.79 Å². The molecule has 20 heavy (non-hydrogen) atoms. The average molecular weight is 278 g/mol. The van der Waals surface area contributed by atoms with Crippen LogP contribution in [0.3, 0.4) is 0 Å². The van der Waals surface area contributed by atoms with Crippen LogP contribution in [0.1, 0.15) is 32.3 Å². The van der Waals surface area contributed by atoms with E-state index >= 15 is 0 Å². The first-order valence-electron chi connectivity index (χ1n) is 7.15. The van der Waals surface area contributed by atoms with Crippen LogP contribution in [0.15, 0.2) is 30.3 Å². The monoisotopic (exact) mass is 278 g/mol. The van der Waals surface area contributed by atoms with Gasteiger partial charge < -0.3 is 15.8 Å². The number of benzene rings is 1. The van der Waals surface area contributed by atoms with Gasteiger partial charge in [0, 0.05) is 6.61 Å². The minimum Gasteiger partial charge on any atom is -0.379 e. The van der Waals surface area contributed by atoms with Gasteiger partial charge in [-0.1, -0.05) is 44.2 Å². The summed E-state index contributed by atoms with van der Waals surface area (Å²) >= 11 is 0. The Morgan fingerprint density at radius 3 is 2.50 bits per heavy atom. The van der Waals surface area contributed by atoms with Crippen molar-refractivity contribution in [2.45, 2.75) is 32.2 Å². The third-order valence-corrected chi connectivity index (χ3v) is 3.50. The molecule has 112 valence electrons. The number of carbonyl (C=O) groups is 1. The Bertz CT molecular complexity index is 406. The highest BCUT2D eigenvalue weighted by Gasteiger charge is 2.37. The minimum atomic E-state index is -0.959. The van der Waals surface area contributed by atoms with E-state index in [1.807, 2.05) is 30.3 Å². The number of carbonyl (C=O) groups excluding carboxylic acids is 1. The van der Waals surface area contributed by atoms with Gasteiger partial charge in [0.15, 0.2) is 0 Å². The van der Waals surface area contributed by atoms with E-state index in [-0.39, 0.29) is 6.61 Å². The number of nitrogens with two attached hydrogens (primary N) is 1. The van der Waals surface area contributed by atoms with Gasteiger partial charge in [0.1, 0.15) is 5.54 Å². The molecule has 0 spiro atoms. The molecule has 0 aromatic heterocycles. The number of primary amides is 1. The zero-order valence-corrected chi connectivity index (χ0v) is 12.7. The van der Waals surface area contributed by atoms with E-state index in [9.17, 15) is 4.79 Å². The lowest BCUT2D eigenvalue weighted by Gasteiger charge is -2.30. The van der Waals surface area contributed by atoms with Crippen LogP contribution in [0.2, 0.25) is 0 Å². The Kier molecular flexibility index (Phi) is 6.68.